The van der Waals surface area contributed by atoms with Gasteiger partial charge in [0.25, 0.3) is 22.1 Å². The molecule has 0 N–H and O–H groups in total. The zero-order chi connectivity index (χ0) is 7.72. The zero-order valence-electron chi connectivity index (χ0n) is 7.07. The van der Waals surface area contributed by atoms with Crippen LogP contribution in [-0.4, -0.2) is 57.4 Å². The third-order valence-corrected chi connectivity index (χ3v) is 1.91. The van der Waals surface area contributed by atoms with E-state index in [-0.39, 0.29) is 0 Å². The van der Waals surface area contributed by atoms with Gasteiger partial charge in [0.15, 0.2) is 0 Å². The van der Waals surface area contributed by atoms with Gasteiger partial charge in [-0.25, -0.2) is 0 Å². The highest BCUT2D eigenvalue weighted by Crippen LogP contribution is 2.01. The summed E-state index contributed by atoms with van der Waals surface area (Å²) >= 11 is 0. The van der Waals surface area contributed by atoms with Gasteiger partial charge in [-0.05, 0) is 21.1 Å². The molecule has 0 amide bonds. The molecule has 0 aliphatic carbocycles. The molecule has 10 heavy (non-hydrogen) atoms. The summed E-state index contributed by atoms with van der Waals surface area (Å²) in [5.74, 6) is 0. The molecule has 0 bridgehead atoms. The van der Waals surface area contributed by atoms with Gasteiger partial charge in [-0.3, -0.25) is 0 Å². The summed E-state index contributed by atoms with van der Waals surface area (Å²) in [6, 6.07) is 0. The van der Waals surface area contributed by atoms with Crippen molar-refractivity contribution in [1.82, 2.24) is 14.2 Å². The second kappa shape index (κ2) is 2.99. The molecule has 1 heterocycles. The van der Waals surface area contributed by atoms with E-state index in [4.69, 9.17) is 0 Å². The van der Waals surface area contributed by atoms with E-state index in [0.29, 0.717) is 6.98 Å². The van der Waals surface area contributed by atoms with Gasteiger partial charge < -0.3 is 14.2 Å². The van der Waals surface area contributed by atoms with E-state index in [1.807, 2.05) is 11.8 Å². The maximum Gasteiger partial charge on any atom is 0.290 e. The largest absolute Gasteiger partial charge is 0.367 e. The fraction of sp³-hybridized carbons (Fsp3) is 1.00. The average molecular weight is 135 g/mol. The molecule has 6 heteroatoms. The maximum atomic E-state index is 2.17. The summed E-state index contributed by atoms with van der Waals surface area (Å²) in [6.45, 7) is 2.64. The molecule has 1 saturated heterocycles. The van der Waals surface area contributed by atoms with Gasteiger partial charge in [-0.2, -0.15) is 0 Å². The second-order valence-electron chi connectivity index (χ2n) is 2.86. The smallest absolute Gasteiger partial charge is 0.290 e. The monoisotopic (exact) mass is 135 g/mol. The van der Waals surface area contributed by atoms with Crippen molar-refractivity contribution in [3.8, 4) is 0 Å². The Morgan fingerprint density at radius 3 is 1.80 bits per heavy atom. The van der Waals surface area contributed by atoms with Gasteiger partial charge in [0.2, 0.25) is 0 Å². The van der Waals surface area contributed by atoms with Crippen molar-refractivity contribution >= 4 is 22.1 Å². The normalized spacial score (nSPS) is 24.2. The molecule has 1 rings (SSSR count). The van der Waals surface area contributed by atoms with Gasteiger partial charge in [-0.1, -0.05) is 6.82 Å². The molecule has 3 nitrogen and oxygen atoms in total. The van der Waals surface area contributed by atoms with Gasteiger partial charge in [-0.15, -0.1) is 0 Å². The van der Waals surface area contributed by atoms with Crippen LogP contribution in [0, 0.1) is 0 Å². The minimum Gasteiger partial charge on any atom is -0.367 e. The Morgan fingerprint density at radius 2 is 1.40 bits per heavy atom. The highest BCUT2D eigenvalue weighted by atomic mass is 15.2. The number of hydrogen-bond acceptors (Lipinski definition) is 3. The predicted octanol–water partition coefficient (Wildman–Crippen LogP) is -1.02. The summed E-state index contributed by atoms with van der Waals surface area (Å²) < 4.78 is 6.38. The van der Waals surface area contributed by atoms with Crippen molar-refractivity contribution in [2.45, 2.75) is 6.82 Å². The van der Waals surface area contributed by atoms with E-state index >= 15 is 0 Å². The molecular formula is C4H12B3N3. The first kappa shape index (κ1) is 8.17. The molecule has 1 aliphatic heterocycles. The van der Waals surface area contributed by atoms with Crippen LogP contribution < -0.4 is 0 Å². The van der Waals surface area contributed by atoms with E-state index in [1.165, 1.54) is 0 Å². The average Bonchev–Trinajstić information content (AvgIpc) is 1.82. The summed E-state index contributed by atoms with van der Waals surface area (Å²) in [4.78, 5) is 0. The van der Waals surface area contributed by atoms with Crippen LogP contribution in [0.4, 0.5) is 0 Å². The molecule has 2 radical (unpaired) electrons. The predicted molar refractivity (Wildman–Crippen MR) is 46.4 cm³/mol. The van der Waals surface area contributed by atoms with E-state index in [2.05, 4.69) is 45.5 Å². The van der Waals surface area contributed by atoms with Crippen molar-refractivity contribution in [3.05, 3.63) is 0 Å². The SMILES string of the molecule is CB1N(C)[B]N(C)[B]N1C. The van der Waals surface area contributed by atoms with Crippen LogP contribution in [0.15, 0.2) is 0 Å². The minimum absolute atomic E-state index is 0.469. The van der Waals surface area contributed by atoms with Crippen molar-refractivity contribution in [3.63, 3.8) is 0 Å². The van der Waals surface area contributed by atoms with Gasteiger partial charge in [0.05, 0.1) is 0 Å². The molecular weight excluding hydrogens is 123 g/mol. The molecule has 1 fully saturated rings. The first-order valence-electron chi connectivity index (χ1n) is 3.47. The van der Waals surface area contributed by atoms with Crippen LogP contribution in [0.1, 0.15) is 0 Å². The quantitative estimate of drug-likeness (QED) is 0.393. The van der Waals surface area contributed by atoms with Crippen LogP contribution in [0.25, 0.3) is 0 Å². The lowest BCUT2D eigenvalue weighted by atomic mass is 9.61. The fourth-order valence-electron chi connectivity index (χ4n) is 1.08. The Bertz CT molecular complexity index is 110. The number of nitrogens with zero attached hydrogens (tertiary/aromatic N) is 3. The first-order valence-corrected chi connectivity index (χ1v) is 3.47. The molecule has 0 aromatic rings. The number of rotatable bonds is 0. The lowest BCUT2D eigenvalue weighted by Gasteiger charge is -2.38. The summed E-state index contributed by atoms with van der Waals surface area (Å²) in [7, 11) is 10.3. The molecule has 0 aromatic heterocycles. The Hall–Kier alpha value is 0.0748. The first-order chi connectivity index (χ1) is 4.61. The Balaban J connectivity index is 2.49. The number of hydrogen-bond donors (Lipinski definition) is 0. The van der Waals surface area contributed by atoms with Crippen LogP contribution in [0.5, 0.6) is 0 Å². The van der Waals surface area contributed by atoms with Crippen LogP contribution in [0.3, 0.4) is 0 Å². The molecule has 0 spiro atoms. The van der Waals surface area contributed by atoms with Crippen molar-refractivity contribution in [2.24, 2.45) is 0 Å². The molecule has 52 valence electrons. The maximum absolute atomic E-state index is 2.17. The highest BCUT2D eigenvalue weighted by Gasteiger charge is 2.28. The second-order valence-corrected chi connectivity index (χ2v) is 2.86. The van der Waals surface area contributed by atoms with Crippen molar-refractivity contribution < 1.29 is 0 Å². The zero-order valence-corrected chi connectivity index (χ0v) is 7.07. The molecule has 0 atom stereocenters. The van der Waals surface area contributed by atoms with Gasteiger partial charge in [0.1, 0.15) is 0 Å². The lowest BCUT2D eigenvalue weighted by molar-refractivity contribution is 0.580. The standard InChI is InChI=1S/C4H12B3N3/c1-7-9(3)5-8(2)6-10(7)4/h1-4H3. The van der Waals surface area contributed by atoms with Crippen molar-refractivity contribution in [1.29, 1.82) is 0 Å². The van der Waals surface area contributed by atoms with Crippen LogP contribution >= 0.6 is 0 Å². The highest BCUT2D eigenvalue weighted by molar-refractivity contribution is 6.73. The Labute approximate surface area is 65.0 Å². The minimum atomic E-state index is 0.469. The van der Waals surface area contributed by atoms with Gasteiger partial charge in [0, 0.05) is 0 Å². The van der Waals surface area contributed by atoms with E-state index in [1.54, 1.807) is 0 Å². The Morgan fingerprint density at radius 1 is 1.00 bits per heavy atom. The summed E-state index contributed by atoms with van der Waals surface area (Å²) in [6.07, 6.45) is 0. The van der Waals surface area contributed by atoms with Crippen LogP contribution in [-0.2, 0) is 0 Å². The third kappa shape index (κ3) is 1.56. The van der Waals surface area contributed by atoms with E-state index < -0.39 is 0 Å². The summed E-state index contributed by atoms with van der Waals surface area (Å²) in [5.41, 5.74) is 0. The molecule has 0 saturated carbocycles. The van der Waals surface area contributed by atoms with E-state index in [9.17, 15) is 0 Å². The Kier molecular flexibility index (Phi) is 2.44. The van der Waals surface area contributed by atoms with Gasteiger partial charge >= 0.3 is 0 Å². The fourth-order valence-corrected chi connectivity index (χ4v) is 1.08. The van der Waals surface area contributed by atoms with Crippen molar-refractivity contribution in [2.75, 3.05) is 21.1 Å². The molecule has 1 aliphatic rings. The topological polar surface area (TPSA) is 9.72 Å². The lowest BCUT2D eigenvalue weighted by Crippen LogP contribution is -2.63. The summed E-state index contributed by atoms with van der Waals surface area (Å²) in [5, 5.41) is 0. The third-order valence-electron chi connectivity index (χ3n) is 1.91. The molecule has 0 unspecified atom stereocenters. The molecule has 0 aromatic carbocycles. The van der Waals surface area contributed by atoms with E-state index in [0.717, 1.165) is 0 Å². The van der Waals surface area contributed by atoms with Crippen LogP contribution in [0.2, 0.25) is 6.82 Å².